The molecule has 0 spiro atoms. The van der Waals surface area contributed by atoms with E-state index < -0.39 is 18.1 Å². The molecule has 0 aliphatic heterocycles. The van der Waals surface area contributed by atoms with Gasteiger partial charge < -0.3 is 9.73 Å². The first-order valence-corrected chi connectivity index (χ1v) is 9.63. The van der Waals surface area contributed by atoms with Crippen LogP contribution in [0.3, 0.4) is 0 Å². The second kappa shape index (κ2) is 8.26. The number of nitrogens with one attached hydrogen (secondary N) is 1. The number of anilines is 1. The van der Waals surface area contributed by atoms with Crippen molar-refractivity contribution < 1.29 is 17.6 Å². The van der Waals surface area contributed by atoms with Crippen molar-refractivity contribution in [2.24, 2.45) is 0 Å². The van der Waals surface area contributed by atoms with E-state index in [4.69, 9.17) is 4.42 Å². The first-order valence-electron chi connectivity index (χ1n) is 9.63. The highest BCUT2D eigenvalue weighted by Crippen LogP contribution is 2.25. The summed E-state index contributed by atoms with van der Waals surface area (Å²) in [6.45, 7) is 0.00739. The van der Waals surface area contributed by atoms with Crippen molar-refractivity contribution in [1.82, 2.24) is 40.4 Å². The molecule has 0 radical (unpaired) electrons. The number of rotatable bonds is 6. The van der Waals surface area contributed by atoms with Gasteiger partial charge in [-0.3, -0.25) is 0 Å². The molecule has 3 heterocycles. The molecular formula is C20H14F3N9O. The van der Waals surface area contributed by atoms with Crippen LogP contribution in [0.1, 0.15) is 17.9 Å². The maximum Gasteiger partial charge on any atom is 0.314 e. The van der Waals surface area contributed by atoms with Gasteiger partial charge in [-0.15, -0.1) is 20.4 Å². The second-order valence-electron chi connectivity index (χ2n) is 6.91. The lowest BCUT2D eigenvalue weighted by molar-refractivity contribution is 0.116. The Labute approximate surface area is 183 Å². The van der Waals surface area contributed by atoms with E-state index in [1.54, 1.807) is 13.2 Å². The maximum atomic E-state index is 14.6. The Morgan fingerprint density at radius 3 is 2.67 bits per heavy atom. The molecule has 0 fully saturated rings. The van der Waals surface area contributed by atoms with E-state index >= 15 is 0 Å². The Morgan fingerprint density at radius 1 is 1.06 bits per heavy atom. The topological polar surface area (TPSA) is 120 Å². The van der Waals surface area contributed by atoms with Crippen LogP contribution in [0, 0.1) is 5.82 Å². The molecule has 33 heavy (non-hydrogen) atoms. The summed E-state index contributed by atoms with van der Waals surface area (Å²) in [5.41, 5.74) is 1.91. The summed E-state index contributed by atoms with van der Waals surface area (Å²) in [7, 11) is 1.74. The molecule has 0 saturated heterocycles. The molecule has 0 bridgehead atoms. The molecule has 1 N–H and O–H groups in total. The van der Waals surface area contributed by atoms with E-state index in [9.17, 15) is 13.2 Å². The summed E-state index contributed by atoms with van der Waals surface area (Å²) < 4.78 is 44.7. The number of benzene rings is 2. The van der Waals surface area contributed by atoms with Crippen LogP contribution in [0.15, 0.2) is 47.0 Å². The van der Waals surface area contributed by atoms with E-state index in [1.807, 2.05) is 18.2 Å². The number of halogens is 3. The van der Waals surface area contributed by atoms with Crippen molar-refractivity contribution in [2.45, 2.75) is 13.0 Å². The van der Waals surface area contributed by atoms with Gasteiger partial charge in [0.2, 0.25) is 17.7 Å². The monoisotopic (exact) mass is 453 g/mol. The standard InChI is InChI=1S/C20H14F3N9O/c1-24-20-25-8-13-6-10(4-5-15(13)26-20)17-27-31-32(30-17)9-12-3-2-11(7-14(12)21)18-28-29-19(33-18)16(22)23/h2-8,16H,9H2,1H3,(H,24,25,26). The minimum Gasteiger partial charge on any atom is -0.415 e. The van der Waals surface area contributed by atoms with Gasteiger partial charge in [-0.25, -0.2) is 14.4 Å². The van der Waals surface area contributed by atoms with Gasteiger partial charge in [-0.05, 0) is 35.5 Å². The van der Waals surface area contributed by atoms with Gasteiger partial charge in [-0.1, -0.05) is 6.07 Å². The predicted octanol–water partition coefficient (Wildman–Crippen LogP) is 3.50. The van der Waals surface area contributed by atoms with Crippen molar-refractivity contribution in [3.63, 3.8) is 0 Å². The van der Waals surface area contributed by atoms with Crippen LogP contribution >= 0.6 is 0 Å². The van der Waals surface area contributed by atoms with Crippen molar-refractivity contribution in [2.75, 3.05) is 12.4 Å². The van der Waals surface area contributed by atoms with Crippen molar-refractivity contribution in [3.8, 4) is 22.8 Å². The number of nitrogens with zero attached hydrogens (tertiary/aromatic N) is 8. The lowest BCUT2D eigenvalue weighted by Gasteiger charge is -2.04. The third-order valence-electron chi connectivity index (χ3n) is 4.75. The minimum atomic E-state index is -2.90. The molecule has 166 valence electrons. The average Bonchev–Trinajstić information content (AvgIpc) is 3.50. The average molecular weight is 453 g/mol. The maximum absolute atomic E-state index is 14.6. The number of fused-ring (bicyclic) bond motifs is 1. The molecule has 2 aromatic carbocycles. The molecule has 5 rings (SSSR count). The fourth-order valence-electron chi connectivity index (χ4n) is 3.12. The van der Waals surface area contributed by atoms with Gasteiger partial charge in [0.15, 0.2) is 0 Å². The Kier molecular flexibility index (Phi) is 5.12. The van der Waals surface area contributed by atoms with Gasteiger partial charge in [0.05, 0.1) is 12.1 Å². The normalized spacial score (nSPS) is 11.4. The Hall–Kier alpha value is -4.42. The fraction of sp³-hybridized carbons (Fsp3) is 0.150. The van der Waals surface area contributed by atoms with Gasteiger partial charge in [0.25, 0.3) is 5.89 Å². The van der Waals surface area contributed by atoms with Gasteiger partial charge in [0.1, 0.15) is 5.82 Å². The molecule has 0 amide bonds. The zero-order valence-electron chi connectivity index (χ0n) is 16.9. The summed E-state index contributed by atoms with van der Waals surface area (Å²) in [5, 5.41) is 22.8. The van der Waals surface area contributed by atoms with Gasteiger partial charge in [-0.2, -0.15) is 13.6 Å². The van der Waals surface area contributed by atoms with Crippen LogP contribution < -0.4 is 5.32 Å². The van der Waals surface area contributed by atoms with Crippen LogP contribution in [0.5, 0.6) is 0 Å². The second-order valence-corrected chi connectivity index (χ2v) is 6.91. The summed E-state index contributed by atoms with van der Waals surface area (Å²) in [5.74, 6) is -0.750. The molecule has 10 nitrogen and oxygen atoms in total. The van der Waals surface area contributed by atoms with Gasteiger partial charge >= 0.3 is 6.43 Å². The minimum absolute atomic E-state index is 0.00739. The first kappa shape index (κ1) is 20.5. The lowest BCUT2D eigenvalue weighted by Crippen LogP contribution is -2.06. The molecule has 5 aromatic rings. The SMILES string of the molecule is CNc1ncc2cc(-c3nnn(Cc4ccc(-c5nnc(C(F)F)o5)cc4F)n3)ccc2n1. The summed E-state index contributed by atoms with van der Waals surface area (Å²) in [6.07, 6.45) is -1.21. The summed E-state index contributed by atoms with van der Waals surface area (Å²) in [6, 6.07) is 9.55. The van der Waals surface area contributed by atoms with Crippen molar-refractivity contribution in [1.29, 1.82) is 0 Å². The molecule has 0 saturated carbocycles. The third kappa shape index (κ3) is 4.07. The molecular weight excluding hydrogens is 439 g/mol. The van der Waals surface area contributed by atoms with Crippen LogP contribution in [0.4, 0.5) is 19.1 Å². The summed E-state index contributed by atoms with van der Waals surface area (Å²) in [4.78, 5) is 9.80. The number of aromatic nitrogens is 8. The van der Waals surface area contributed by atoms with Crippen molar-refractivity contribution in [3.05, 3.63) is 59.9 Å². The molecule has 0 aliphatic carbocycles. The summed E-state index contributed by atoms with van der Waals surface area (Å²) >= 11 is 0. The first-order chi connectivity index (χ1) is 16.0. The van der Waals surface area contributed by atoms with Crippen LogP contribution in [-0.4, -0.2) is 47.4 Å². The molecule has 0 unspecified atom stereocenters. The molecule has 13 heteroatoms. The van der Waals surface area contributed by atoms with Crippen molar-refractivity contribution >= 4 is 16.9 Å². The molecule has 3 aromatic heterocycles. The Bertz CT molecular complexity index is 1450. The largest absolute Gasteiger partial charge is 0.415 e. The molecule has 0 aliphatic rings. The van der Waals surface area contributed by atoms with E-state index in [0.29, 0.717) is 17.3 Å². The highest BCUT2D eigenvalue weighted by Gasteiger charge is 2.18. The van der Waals surface area contributed by atoms with E-state index in [1.165, 1.54) is 16.9 Å². The highest BCUT2D eigenvalue weighted by molar-refractivity contribution is 5.83. The van der Waals surface area contributed by atoms with E-state index in [-0.39, 0.29) is 23.6 Å². The Morgan fingerprint density at radius 2 is 1.91 bits per heavy atom. The number of hydrogen-bond acceptors (Lipinski definition) is 9. The third-order valence-corrected chi connectivity index (χ3v) is 4.75. The number of tetrazole rings is 1. The van der Waals surface area contributed by atoms with E-state index in [0.717, 1.165) is 17.0 Å². The smallest absolute Gasteiger partial charge is 0.314 e. The fourth-order valence-corrected chi connectivity index (χ4v) is 3.12. The van der Waals surface area contributed by atoms with Crippen LogP contribution in [0.25, 0.3) is 33.7 Å². The lowest BCUT2D eigenvalue weighted by atomic mass is 10.1. The highest BCUT2D eigenvalue weighted by atomic mass is 19.3. The quantitative estimate of drug-likeness (QED) is 0.412. The zero-order chi connectivity index (χ0) is 22.9. The number of alkyl halides is 2. The van der Waals surface area contributed by atoms with E-state index in [2.05, 4.69) is 40.9 Å². The Balaban J connectivity index is 1.35. The molecule has 0 atom stereocenters. The number of hydrogen-bond donors (Lipinski definition) is 1. The predicted molar refractivity (Wildman–Crippen MR) is 110 cm³/mol. The van der Waals surface area contributed by atoms with Crippen LogP contribution in [0.2, 0.25) is 0 Å². The zero-order valence-corrected chi connectivity index (χ0v) is 16.9. The van der Waals surface area contributed by atoms with Crippen LogP contribution in [-0.2, 0) is 6.54 Å². The van der Waals surface area contributed by atoms with Gasteiger partial charge in [0, 0.05) is 35.3 Å².